The molecule has 0 unspecified atom stereocenters. The van der Waals surface area contributed by atoms with Crippen molar-refractivity contribution in [3.63, 3.8) is 0 Å². The molecule has 1 heterocycles. The average Bonchev–Trinajstić information content (AvgIpc) is 2.75. The number of thiophene rings is 1. The molecule has 1 nitrogen and oxygen atoms in total. The van der Waals surface area contributed by atoms with Gasteiger partial charge in [0, 0.05) is 9.90 Å². The minimum atomic E-state index is -0.288. The number of hydrogen-bond donors (Lipinski definition) is 1. The third-order valence-electron chi connectivity index (χ3n) is 2.21. The van der Waals surface area contributed by atoms with Crippen molar-refractivity contribution in [1.29, 1.82) is 0 Å². The van der Waals surface area contributed by atoms with Gasteiger partial charge in [-0.2, -0.15) is 0 Å². The van der Waals surface area contributed by atoms with E-state index in [9.17, 15) is 0 Å². The highest BCUT2D eigenvalue weighted by Crippen LogP contribution is 2.35. The van der Waals surface area contributed by atoms with Crippen LogP contribution in [-0.2, 0) is 0 Å². The lowest BCUT2D eigenvalue weighted by Gasteiger charge is -2.13. The Morgan fingerprint density at radius 1 is 1.18 bits per heavy atom. The maximum Gasteiger partial charge on any atom is 0.0661 e. The van der Waals surface area contributed by atoms with E-state index in [-0.39, 0.29) is 18.4 Å². The molecule has 0 aliphatic carbocycles. The zero-order valence-electron chi connectivity index (χ0n) is 8.49. The standard InChI is InChI=1S/C11H8Cl3NS.ClH/c12-6-4-7(10(14)8(13)5-6)11(15)9-2-1-3-16-9;/h1-5,11H,15H2;1H/t11-;/m0./s1. The molecular weight excluding hydrogens is 320 g/mol. The van der Waals surface area contributed by atoms with Crippen LogP contribution in [0.5, 0.6) is 0 Å². The summed E-state index contributed by atoms with van der Waals surface area (Å²) in [5, 5.41) is 3.40. The van der Waals surface area contributed by atoms with Crippen LogP contribution >= 0.6 is 58.5 Å². The van der Waals surface area contributed by atoms with Gasteiger partial charge in [0.1, 0.15) is 0 Å². The second-order valence-corrected chi connectivity index (χ2v) is 5.48. The number of hydrogen-bond acceptors (Lipinski definition) is 2. The molecule has 1 aromatic heterocycles. The second-order valence-electron chi connectivity index (χ2n) is 3.28. The molecule has 0 saturated carbocycles. The molecule has 2 aromatic rings. The van der Waals surface area contributed by atoms with Crippen LogP contribution in [0.4, 0.5) is 0 Å². The van der Waals surface area contributed by atoms with Crippen LogP contribution in [-0.4, -0.2) is 0 Å². The van der Waals surface area contributed by atoms with Crippen LogP contribution in [0, 0.1) is 0 Å². The zero-order valence-corrected chi connectivity index (χ0v) is 12.4. The topological polar surface area (TPSA) is 26.0 Å². The molecule has 6 heteroatoms. The monoisotopic (exact) mass is 327 g/mol. The quantitative estimate of drug-likeness (QED) is 0.755. The molecule has 0 saturated heterocycles. The summed E-state index contributed by atoms with van der Waals surface area (Å²) < 4.78 is 0. The minimum absolute atomic E-state index is 0. The Kier molecular flexibility index (Phi) is 5.58. The normalized spacial score (nSPS) is 12.0. The first-order chi connectivity index (χ1) is 7.59. The van der Waals surface area contributed by atoms with Crippen molar-refractivity contribution in [2.75, 3.05) is 0 Å². The van der Waals surface area contributed by atoms with Crippen LogP contribution in [0.2, 0.25) is 15.1 Å². The van der Waals surface area contributed by atoms with E-state index >= 15 is 0 Å². The summed E-state index contributed by atoms with van der Waals surface area (Å²) in [6.45, 7) is 0. The number of rotatable bonds is 2. The van der Waals surface area contributed by atoms with E-state index in [1.165, 1.54) is 0 Å². The molecule has 0 aliphatic heterocycles. The smallest absolute Gasteiger partial charge is 0.0661 e. The molecule has 0 bridgehead atoms. The predicted molar refractivity (Wildman–Crippen MR) is 79.1 cm³/mol. The van der Waals surface area contributed by atoms with Crippen molar-refractivity contribution in [3.05, 3.63) is 55.2 Å². The van der Waals surface area contributed by atoms with Crippen molar-refractivity contribution in [2.45, 2.75) is 6.04 Å². The average molecular weight is 329 g/mol. The lowest BCUT2D eigenvalue weighted by Crippen LogP contribution is -2.10. The van der Waals surface area contributed by atoms with Crippen molar-refractivity contribution >= 4 is 58.5 Å². The van der Waals surface area contributed by atoms with Gasteiger partial charge in [0.2, 0.25) is 0 Å². The van der Waals surface area contributed by atoms with Gasteiger partial charge in [-0.25, -0.2) is 0 Å². The Balaban J connectivity index is 0.00000144. The van der Waals surface area contributed by atoms with Crippen LogP contribution in [0.1, 0.15) is 16.5 Å². The first-order valence-corrected chi connectivity index (χ1v) is 6.54. The summed E-state index contributed by atoms with van der Waals surface area (Å²) in [4.78, 5) is 1.03. The first kappa shape index (κ1) is 15.1. The van der Waals surface area contributed by atoms with Crippen molar-refractivity contribution in [1.82, 2.24) is 0 Å². The van der Waals surface area contributed by atoms with Gasteiger partial charge in [0.25, 0.3) is 0 Å². The van der Waals surface area contributed by atoms with Crippen molar-refractivity contribution in [3.8, 4) is 0 Å². The van der Waals surface area contributed by atoms with Gasteiger partial charge in [-0.3, -0.25) is 0 Å². The fourth-order valence-electron chi connectivity index (χ4n) is 1.42. The largest absolute Gasteiger partial charge is 0.320 e. The lowest BCUT2D eigenvalue weighted by atomic mass is 10.1. The summed E-state index contributed by atoms with van der Waals surface area (Å²) in [7, 11) is 0. The molecule has 0 spiro atoms. The summed E-state index contributed by atoms with van der Waals surface area (Å²) >= 11 is 19.6. The van der Waals surface area contributed by atoms with Crippen LogP contribution in [0.15, 0.2) is 29.6 Å². The molecule has 1 aromatic carbocycles. The molecule has 0 fully saturated rings. The van der Waals surface area contributed by atoms with E-state index in [1.807, 2.05) is 17.5 Å². The number of benzene rings is 1. The van der Waals surface area contributed by atoms with Gasteiger partial charge in [-0.05, 0) is 29.1 Å². The molecule has 0 radical (unpaired) electrons. The van der Waals surface area contributed by atoms with Crippen molar-refractivity contribution < 1.29 is 0 Å². The third-order valence-corrected chi connectivity index (χ3v) is 4.20. The molecule has 92 valence electrons. The fraction of sp³-hybridized carbons (Fsp3) is 0.0909. The van der Waals surface area contributed by atoms with E-state index in [0.717, 1.165) is 10.4 Å². The highest BCUT2D eigenvalue weighted by molar-refractivity contribution is 7.10. The first-order valence-electron chi connectivity index (χ1n) is 4.53. The molecule has 2 N–H and O–H groups in total. The lowest BCUT2D eigenvalue weighted by molar-refractivity contribution is 0.894. The Morgan fingerprint density at radius 3 is 2.47 bits per heavy atom. The van der Waals surface area contributed by atoms with Crippen molar-refractivity contribution in [2.24, 2.45) is 5.73 Å². The molecular formula is C11H9Cl4NS. The van der Waals surface area contributed by atoms with E-state index < -0.39 is 0 Å². The highest BCUT2D eigenvalue weighted by Gasteiger charge is 2.16. The molecule has 17 heavy (non-hydrogen) atoms. The van der Waals surface area contributed by atoms with E-state index in [2.05, 4.69) is 0 Å². The summed E-state index contributed by atoms with van der Waals surface area (Å²) in [5.41, 5.74) is 6.86. The Labute approximate surface area is 125 Å². The summed E-state index contributed by atoms with van der Waals surface area (Å²) in [6, 6.07) is 6.97. The minimum Gasteiger partial charge on any atom is -0.320 e. The Bertz CT molecular complexity index is 498. The second kappa shape index (κ2) is 6.28. The Morgan fingerprint density at radius 2 is 1.88 bits per heavy atom. The number of nitrogens with two attached hydrogens (primary N) is 1. The summed E-state index contributed by atoms with van der Waals surface area (Å²) in [6.07, 6.45) is 0. The zero-order chi connectivity index (χ0) is 11.7. The van der Waals surface area contributed by atoms with Gasteiger partial charge in [-0.15, -0.1) is 23.7 Å². The van der Waals surface area contributed by atoms with Crippen LogP contribution < -0.4 is 5.73 Å². The maximum atomic E-state index is 6.11. The van der Waals surface area contributed by atoms with E-state index in [4.69, 9.17) is 40.5 Å². The van der Waals surface area contributed by atoms with Crippen LogP contribution in [0.25, 0.3) is 0 Å². The molecule has 1 atom stereocenters. The Hall–Kier alpha value is 0.0400. The van der Waals surface area contributed by atoms with E-state index in [0.29, 0.717) is 15.1 Å². The highest BCUT2D eigenvalue weighted by atomic mass is 35.5. The third kappa shape index (κ3) is 3.28. The SMILES string of the molecule is Cl.N[C@H](c1cccs1)c1cc(Cl)cc(Cl)c1Cl. The van der Waals surface area contributed by atoms with Crippen LogP contribution in [0.3, 0.4) is 0 Å². The van der Waals surface area contributed by atoms with E-state index in [1.54, 1.807) is 23.5 Å². The fourth-order valence-corrected chi connectivity index (χ4v) is 2.90. The van der Waals surface area contributed by atoms with Gasteiger partial charge in [-0.1, -0.05) is 40.9 Å². The molecule has 0 aliphatic rings. The van der Waals surface area contributed by atoms with Gasteiger partial charge < -0.3 is 5.73 Å². The molecule has 2 rings (SSSR count). The maximum absolute atomic E-state index is 6.11. The van der Waals surface area contributed by atoms with Gasteiger partial charge in [0.15, 0.2) is 0 Å². The van der Waals surface area contributed by atoms with Gasteiger partial charge >= 0.3 is 0 Å². The van der Waals surface area contributed by atoms with Gasteiger partial charge in [0.05, 0.1) is 16.1 Å². The predicted octanol–water partition coefficient (Wildman–Crippen LogP) is 5.18. The number of halogens is 4. The summed E-state index contributed by atoms with van der Waals surface area (Å²) in [5.74, 6) is 0. The molecule has 0 amide bonds.